The van der Waals surface area contributed by atoms with Crippen LogP contribution in [0.3, 0.4) is 0 Å². The smallest absolute Gasteiger partial charge is 0.387 e. The molecule has 0 saturated carbocycles. The number of nitrogens with two attached hydrogens (primary N) is 2. The van der Waals surface area contributed by atoms with Crippen molar-refractivity contribution in [2.45, 2.75) is 98.2 Å². The summed E-state index contributed by atoms with van der Waals surface area (Å²) in [7, 11) is -28.6. The van der Waals surface area contributed by atoms with E-state index in [2.05, 4.69) is 118 Å². The molecule has 22 atom stereocenters. The van der Waals surface area contributed by atoms with E-state index in [0.717, 1.165) is 12.7 Å². The molecule has 4 fully saturated rings. The Bertz CT molecular complexity index is 5840. The molecule has 4 aliphatic rings. The molecular weight excluding hydrogens is 1740 g/mol. The number of aryl methyl sites for hydroxylation is 3. The van der Waals surface area contributed by atoms with Crippen molar-refractivity contribution in [2.75, 3.05) is 68.7 Å². The Balaban J connectivity index is 0.000000225. The van der Waals surface area contributed by atoms with Crippen LogP contribution in [0.15, 0.2) is 77.1 Å². The third-order valence-corrected chi connectivity index (χ3v) is 25.7. The van der Waals surface area contributed by atoms with Gasteiger partial charge in [0.1, 0.15) is 103 Å². The number of aromatic amines is 2. The number of anilines is 4. The maximum atomic E-state index is 13.0. The minimum Gasteiger partial charge on any atom is -0.387 e. The van der Waals surface area contributed by atoms with E-state index in [-0.39, 0.29) is 81.3 Å². The highest BCUT2D eigenvalue weighted by Crippen LogP contribution is 2.69. The molecule has 22 N–H and O–H groups in total. The Kier molecular flexibility index (Phi) is 28.4. The number of phosphoric acid groups is 6. The molecular formula is C54H74N26O34P6+2. The lowest BCUT2D eigenvalue weighted by Gasteiger charge is -2.21. The first kappa shape index (κ1) is 91.6. The molecule has 66 heteroatoms. The predicted molar refractivity (Wildman–Crippen MR) is 393 cm³/mol. The van der Waals surface area contributed by atoms with Crippen LogP contribution in [0.25, 0.3) is 61.2 Å². The van der Waals surface area contributed by atoms with Gasteiger partial charge in [-0.2, -0.15) is 17.2 Å². The largest absolute Gasteiger partial charge is 0.490 e. The quantitative estimate of drug-likeness (QED) is 0.00483. The minimum absolute atomic E-state index is 0.00720. The number of rotatable bonds is 31. The summed E-state index contributed by atoms with van der Waals surface area (Å²) < 4.78 is 142. The van der Waals surface area contributed by atoms with Crippen molar-refractivity contribution in [1.82, 2.24) is 83.1 Å². The number of nitrogens with one attached hydrogen (secondary N) is 4. The van der Waals surface area contributed by atoms with E-state index in [1.807, 2.05) is 0 Å². The molecule has 4 saturated heterocycles. The summed E-state index contributed by atoms with van der Waals surface area (Å²) in [6.45, 7) is -3.85. The lowest BCUT2D eigenvalue weighted by atomic mass is 10.1. The maximum Gasteiger partial charge on any atom is 0.490 e. The van der Waals surface area contributed by atoms with Gasteiger partial charge in [0, 0.05) is 32.1 Å². The Morgan fingerprint density at radius 2 is 0.942 bits per heavy atom. The summed E-state index contributed by atoms with van der Waals surface area (Å²) in [4.78, 5) is 126. The van der Waals surface area contributed by atoms with Crippen molar-refractivity contribution in [1.29, 1.82) is 0 Å². The monoisotopic (exact) mass is 1820 g/mol. The molecule has 652 valence electrons. The highest BCUT2D eigenvalue weighted by molar-refractivity contribution is 7.67. The number of nitrogen functional groups attached to an aromatic ring is 2. The molecule has 9 aromatic heterocycles. The normalized spacial score (nSPS) is 27.4. The molecule has 9 aromatic rings. The number of ether oxygens (including phenoxy) is 4. The van der Waals surface area contributed by atoms with E-state index in [0.29, 0.717) is 5.69 Å². The first-order chi connectivity index (χ1) is 56.4. The molecule has 0 aliphatic carbocycles. The summed E-state index contributed by atoms with van der Waals surface area (Å²) >= 11 is 0. The van der Waals surface area contributed by atoms with Crippen molar-refractivity contribution in [3.63, 3.8) is 0 Å². The molecule has 120 heavy (non-hydrogen) atoms. The topological polar surface area (TPSA) is 848 Å². The first-order valence-corrected chi connectivity index (χ1v) is 42.8. The zero-order valence-electron chi connectivity index (χ0n) is 61.6. The van der Waals surface area contributed by atoms with Crippen LogP contribution in [0.4, 0.5) is 23.5 Å². The van der Waals surface area contributed by atoms with Crippen LogP contribution in [-0.2, 0) is 103 Å². The third-order valence-electron chi connectivity index (χ3n) is 17.2. The van der Waals surface area contributed by atoms with E-state index < -0.39 is 183 Å². The zero-order chi connectivity index (χ0) is 87.5. The number of imidazole rings is 4. The molecule has 0 aromatic carbocycles. The fraction of sp³-hybridized carbons (Fsp3) is 0.481. The van der Waals surface area contributed by atoms with Crippen molar-refractivity contribution in [2.24, 2.45) is 26.3 Å². The second kappa shape index (κ2) is 37.3. The fourth-order valence-corrected chi connectivity index (χ4v) is 19.0. The molecule has 13 rings (SSSR count). The van der Waals surface area contributed by atoms with Gasteiger partial charge in [0.2, 0.25) is 23.5 Å². The second-order valence-corrected chi connectivity index (χ2v) is 34.7. The Labute approximate surface area is 667 Å². The molecule has 0 spiro atoms. The molecule has 0 radical (unpaired) electrons. The van der Waals surface area contributed by atoms with Crippen LogP contribution in [0.2, 0.25) is 0 Å². The number of phosphoric ester groups is 4. The number of aromatic nitrogens is 19. The van der Waals surface area contributed by atoms with Gasteiger partial charge in [-0.1, -0.05) is 38.4 Å². The zero-order valence-corrected chi connectivity index (χ0v) is 67.0. The van der Waals surface area contributed by atoms with Crippen LogP contribution < -0.4 is 42.4 Å². The number of terminal acetylenes is 1. The highest BCUT2D eigenvalue weighted by Gasteiger charge is 2.54. The van der Waals surface area contributed by atoms with Crippen molar-refractivity contribution >= 4 is 121 Å². The first-order valence-electron chi connectivity index (χ1n) is 33.8. The minimum atomic E-state index is -6.00. The molecule has 0 amide bonds. The van der Waals surface area contributed by atoms with Gasteiger partial charge in [-0.3, -0.25) is 60.6 Å². The predicted octanol–water partition coefficient (Wildman–Crippen LogP) is -5.06. The average molecular weight is 1820 g/mol. The van der Waals surface area contributed by atoms with E-state index in [1.54, 1.807) is 31.5 Å². The van der Waals surface area contributed by atoms with Gasteiger partial charge in [0.15, 0.2) is 48.0 Å². The van der Waals surface area contributed by atoms with Crippen molar-refractivity contribution < 1.29 is 161 Å². The van der Waals surface area contributed by atoms with Crippen LogP contribution in [0, 0.1) is 12.3 Å². The van der Waals surface area contributed by atoms with E-state index >= 15 is 0 Å². The lowest BCUT2D eigenvalue weighted by Crippen LogP contribution is -2.46. The van der Waals surface area contributed by atoms with Gasteiger partial charge in [-0.25, -0.2) is 66.4 Å². The number of aliphatic hydroxyl groups is 8. The van der Waals surface area contributed by atoms with Crippen LogP contribution in [-0.4, -0.2) is 273 Å². The van der Waals surface area contributed by atoms with E-state index in [9.17, 15) is 107 Å². The van der Waals surface area contributed by atoms with Crippen molar-refractivity contribution in [3.8, 4) is 12.3 Å². The fourth-order valence-electron chi connectivity index (χ4n) is 11.9. The summed E-state index contributed by atoms with van der Waals surface area (Å²) in [5, 5.41) is 102. The number of hydrogen-bond acceptors (Lipinski definition) is 43. The summed E-state index contributed by atoms with van der Waals surface area (Å²) in [6.07, 6.45) is -5.55. The summed E-state index contributed by atoms with van der Waals surface area (Å²) in [6, 6.07) is 0. The summed E-state index contributed by atoms with van der Waals surface area (Å²) in [5.74, 6) is 2.35. The van der Waals surface area contributed by atoms with Crippen LogP contribution in [0.5, 0.6) is 0 Å². The van der Waals surface area contributed by atoms with Gasteiger partial charge >= 0.3 is 58.2 Å². The lowest BCUT2D eigenvalue weighted by molar-refractivity contribution is -0.746. The van der Waals surface area contributed by atoms with Crippen LogP contribution >= 0.6 is 46.9 Å². The average Bonchev–Trinajstić information content (AvgIpc) is 1.61. The molecule has 13 heterocycles. The molecule has 10 unspecified atom stereocenters. The number of nitrogens with zero attached hydrogens (tertiary/aromatic N) is 20. The number of aliphatic hydroxyl groups excluding tert-OH is 8. The van der Waals surface area contributed by atoms with Gasteiger partial charge < -0.3 is 111 Å². The number of allylic oxidation sites excluding steroid dienone is 1. The Hall–Kier alpha value is -9.17. The van der Waals surface area contributed by atoms with Gasteiger partial charge in [-0.15, -0.1) is 11.5 Å². The molecule has 60 nitrogen and oxygen atoms in total. The van der Waals surface area contributed by atoms with E-state index in [1.165, 1.54) is 84.6 Å². The maximum absolute atomic E-state index is 13.0. The van der Waals surface area contributed by atoms with Gasteiger partial charge in [-0.05, 0) is 17.7 Å². The Morgan fingerprint density at radius 1 is 0.575 bits per heavy atom. The number of fused-ring (bicyclic) bond motifs is 4. The SMILES string of the molecule is C#CC=CCNc1nc2c(c(=O)[nH]1)n(C)c[n+]2[C@@H]1O[C@H](COP(=O)(O)OP(=O)(O)OP(=O)(O)OC[C@H]2O[C@@H](n3cnc4c(N)ncnc43)[C@@H](O)C2O)[C@H](O)C1O.CN=[N+]=[N-].Cn1cc(C=CCNc2nc3c(c(=O)[nH]2)n(C)c[n+]3[C@@H]2O[C@H](COP(=O)(O)OP(=O)(O)OP(=O)(O)OC[C@H]3O[C@@H](n4cnc5c(N)ncnc54)[C@@H](O)C3O)[C@H](O)C2O)nn1. The highest BCUT2D eigenvalue weighted by atomic mass is 31.3. The third kappa shape index (κ3) is 21.3. The number of hydrogen-bond donors (Lipinski definition) is 20. The second-order valence-electron chi connectivity index (χ2n) is 25.5. The van der Waals surface area contributed by atoms with Crippen LogP contribution in [0.1, 0.15) is 30.6 Å². The number of H-pyrrole nitrogens is 2. The van der Waals surface area contributed by atoms with E-state index in [4.69, 9.17) is 46.9 Å². The summed E-state index contributed by atoms with van der Waals surface area (Å²) in [5.41, 5.74) is 18.8. The standard InChI is InChI=1S/C27H36N13O17P3.C26H33N10O17P3.CH3N3/c1-37-11-40(23-16(37)24(45)34-27(33-23)29-5-3-4-12-6-38(2)36-35-12)26-20(44)18(42)14(55-26)8-53-59(48,49)57-60(50,51)56-58(46,47)52-7-13-17(41)19(43)25(54-13)39-10-32-15-21(28)30-9-31-22(15)39;1-3-4-5-6-28-26-32-22-15(23(41)33-26)34(2)11-36(22)25-19(40)17(38)13(51-25)8-49-55(44,45)53-56(46,47)52-54(42,43)48-7-12-16(37)18(39)24(50-12)35-10-31-14-20(27)29-9-30-21(14)35;1-3-4-2/h3-4,6,9-11,13-14,17-20,25-26,41-44H,5,7-8H2,1-2H3,(H6-,28,29,30,31,33,34,45,46,47,48,49,50,51);1,4-5,9-13,16-19,24-25,37-40H,6-8H2,2H3,(H6-,27,28,29,30,32,33,41,42,43,44,45,46,47);1H3/p+2/t13-,14-,17?,18+,19+,20?,25-,26-;12-,13-,16?,17+,18+,19?,24-,25-;/m11./s1. The van der Waals surface area contributed by atoms with Crippen molar-refractivity contribution in [3.05, 3.63) is 99.2 Å². The number of azide groups is 1. The van der Waals surface area contributed by atoms with Gasteiger partial charge in [0.05, 0.1) is 59.4 Å². The molecule has 0 bridgehead atoms. The van der Waals surface area contributed by atoms with Gasteiger partial charge in [0.25, 0.3) is 23.0 Å². The Morgan fingerprint density at radius 3 is 1.30 bits per heavy atom. The molecule has 4 aliphatic heterocycles.